The third kappa shape index (κ3) is 5.24. The molecular weight excluding hydrogens is 604 g/mol. The molecule has 4 aromatic rings. The Balaban J connectivity index is 1.69. The number of phenolic OH excluding ortho intramolecular Hbond substituents is 1. The number of amides is 1. The zero-order valence-electron chi connectivity index (χ0n) is 24.7. The third-order valence-corrected chi connectivity index (χ3v) is 9.74. The number of benzene rings is 2. The molecule has 1 N–H and O–H groups in total. The Labute approximate surface area is 258 Å². The number of carbonyl (C=O) groups is 1. The minimum Gasteiger partial charge on any atom is -0.507 e. The molecule has 234 valence electrons. The zero-order chi connectivity index (χ0) is 32.2. The quantitative estimate of drug-likeness (QED) is 0.311. The molecule has 2 aromatic heterocycles. The van der Waals surface area contributed by atoms with Gasteiger partial charge in [-0.3, -0.25) is 4.79 Å². The van der Waals surface area contributed by atoms with Crippen molar-refractivity contribution < 1.29 is 27.1 Å². The molecule has 1 aliphatic carbocycles. The minimum absolute atomic E-state index is 0.0330. The van der Waals surface area contributed by atoms with Crippen molar-refractivity contribution in [2.75, 3.05) is 30.8 Å². The number of halogens is 2. The Hall–Kier alpha value is -4.65. The summed E-state index contributed by atoms with van der Waals surface area (Å²) in [5, 5.41) is 10.6. The number of carbonyl (C=O) groups excluding carboxylic acids is 1. The number of nitrogens with zero attached hydrogens (tertiary/aromatic N) is 5. The lowest BCUT2D eigenvalue weighted by atomic mass is 9.79. The summed E-state index contributed by atoms with van der Waals surface area (Å²) in [5.74, 6) is -2.69. The van der Waals surface area contributed by atoms with E-state index in [0.29, 0.717) is 5.56 Å². The van der Waals surface area contributed by atoms with Crippen LogP contribution in [0.15, 0.2) is 64.8 Å². The van der Waals surface area contributed by atoms with Crippen LogP contribution in [0.3, 0.4) is 0 Å². The van der Waals surface area contributed by atoms with Crippen LogP contribution < -0.4 is 10.6 Å². The first-order valence-corrected chi connectivity index (χ1v) is 16.4. The number of anilines is 1. The highest BCUT2D eigenvalue weighted by Crippen LogP contribution is 2.42. The predicted octanol–water partition coefficient (Wildman–Crippen LogP) is 4.33. The van der Waals surface area contributed by atoms with E-state index in [9.17, 15) is 23.1 Å². The van der Waals surface area contributed by atoms with Crippen molar-refractivity contribution in [1.29, 1.82) is 0 Å². The largest absolute Gasteiger partial charge is 0.507 e. The average Bonchev–Trinajstić information content (AvgIpc) is 2.96. The lowest BCUT2D eigenvalue weighted by Crippen LogP contribution is -2.54. The smallest absolute Gasteiger partial charge is 0.355 e. The summed E-state index contributed by atoms with van der Waals surface area (Å²) in [7, 11) is -3.89. The molecule has 1 aliphatic heterocycles. The van der Waals surface area contributed by atoms with E-state index in [1.807, 2.05) is 6.92 Å². The number of sulfone groups is 1. The number of phenols is 1. The van der Waals surface area contributed by atoms with Crippen LogP contribution in [0.5, 0.6) is 5.75 Å². The number of piperazine rings is 1. The monoisotopic (exact) mass is 635 g/mol. The number of pyridine rings is 1. The van der Waals surface area contributed by atoms with Crippen LogP contribution in [0.4, 0.5) is 14.6 Å². The maximum Gasteiger partial charge on any atom is 0.355 e. The molecule has 13 heteroatoms. The van der Waals surface area contributed by atoms with Gasteiger partial charge < -0.3 is 14.9 Å². The molecule has 0 spiro atoms. The fourth-order valence-corrected chi connectivity index (χ4v) is 7.06. The normalized spacial score (nSPS) is 17.4. The van der Waals surface area contributed by atoms with Crippen molar-refractivity contribution in [3.63, 3.8) is 0 Å². The fraction of sp³-hybridized carbons (Fsp3) is 0.312. The lowest BCUT2D eigenvalue weighted by molar-refractivity contribution is -0.126. The van der Waals surface area contributed by atoms with Gasteiger partial charge in [0.25, 0.3) is 0 Å². The topological polar surface area (TPSA) is 126 Å². The van der Waals surface area contributed by atoms with Gasteiger partial charge in [0, 0.05) is 31.9 Å². The van der Waals surface area contributed by atoms with Crippen LogP contribution in [-0.2, 0) is 14.6 Å². The van der Waals surface area contributed by atoms with Gasteiger partial charge in [0.2, 0.25) is 5.91 Å². The second kappa shape index (κ2) is 11.4. The van der Waals surface area contributed by atoms with Crippen LogP contribution >= 0.6 is 0 Å². The fourth-order valence-electron chi connectivity index (χ4n) is 6.18. The molecule has 6 rings (SSSR count). The Morgan fingerprint density at radius 1 is 1.09 bits per heavy atom. The van der Waals surface area contributed by atoms with Gasteiger partial charge >= 0.3 is 5.69 Å². The number of hydrogen-bond donors (Lipinski definition) is 1. The summed E-state index contributed by atoms with van der Waals surface area (Å²) >= 11 is 0. The van der Waals surface area contributed by atoms with Gasteiger partial charge in [-0.2, -0.15) is 4.98 Å². The predicted molar refractivity (Wildman–Crippen MR) is 165 cm³/mol. The molecular formula is C32H31F2N5O5S. The number of rotatable bonds is 6. The Morgan fingerprint density at radius 3 is 2.44 bits per heavy atom. The first-order valence-electron chi connectivity index (χ1n) is 14.5. The van der Waals surface area contributed by atoms with Gasteiger partial charge in [-0.25, -0.2) is 31.5 Å². The molecule has 3 heterocycles. The van der Waals surface area contributed by atoms with E-state index in [-0.39, 0.29) is 64.9 Å². The highest BCUT2D eigenvalue weighted by molar-refractivity contribution is 7.90. The van der Waals surface area contributed by atoms with Crippen LogP contribution in [0, 0.1) is 11.6 Å². The summed E-state index contributed by atoms with van der Waals surface area (Å²) in [5.41, 5.74) is -1.41. The first kappa shape index (κ1) is 30.4. The molecule has 1 saturated carbocycles. The van der Waals surface area contributed by atoms with Crippen molar-refractivity contribution in [3.8, 4) is 22.7 Å². The minimum atomic E-state index is -3.89. The Morgan fingerprint density at radius 2 is 1.82 bits per heavy atom. The molecule has 1 atom stereocenters. The van der Waals surface area contributed by atoms with E-state index in [1.165, 1.54) is 24.3 Å². The number of para-hydroxylation sites is 1. The van der Waals surface area contributed by atoms with Crippen LogP contribution in [0.2, 0.25) is 0 Å². The summed E-state index contributed by atoms with van der Waals surface area (Å²) in [4.78, 5) is 38.5. The van der Waals surface area contributed by atoms with E-state index < -0.39 is 44.2 Å². The van der Waals surface area contributed by atoms with Gasteiger partial charge in [-0.15, -0.1) is 0 Å². The second-order valence-corrected chi connectivity index (χ2v) is 13.5. The van der Waals surface area contributed by atoms with E-state index in [0.717, 1.165) is 42.2 Å². The summed E-state index contributed by atoms with van der Waals surface area (Å²) in [6, 6.07) is 8.97. The molecule has 2 aromatic carbocycles. The molecule has 1 saturated heterocycles. The Bertz CT molecular complexity index is 2020. The van der Waals surface area contributed by atoms with Crippen molar-refractivity contribution in [2.24, 2.45) is 0 Å². The average molecular weight is 636 g/mol. The van der Waals surface area contributed by atoms with Gasteiger partial charge in [0.1, 0.15) is 23.1 Å². The van der Waals surface area contributed by atoms with Crippen LogP contribution in [0.25, 0.3) is 28.0 Å². The SMILES string of the molecule is C=CC(=O)N1CCN(c2nc(=O)n(-c3c(C4CCC4)cccc3S(C)(=O)=O)c3nc(-c4c(O)cccc4F)c(F)cc23)[C@@H](C)C1. The van der Waals surface area contributed by atoms with Gasteiger partial charge in [-0.05, 0) is 61.6 Å². The molecule has 45 heavy (non-hydrogen) atoms. The van der Waals surface area contributed by atoms with E-state index >= 15 is 8.78 Å². The molecule has 0 unspecified atom stereocenters. The van der Waals surface area contributed by atoms with E-state index in [1.54, 1.807) is 21.9 Å². The Kier molecular flexibility index (Phi) is 7.67. The summed E-state index contributed by atoms with van der Waals surface area (Å²) in [6.45, 7) is 6.16. The van der Waals surface area contributed by atoms with Gasteiger partial charge in [0.15, 0.2) is 21.3 Å². The summed E-state index contributed by atoms with van der Waals surface area (Å²) in [6.07, 6.45) is 4.74. The zero-order valence-corrected chi connectivity index (χ0v) is 25.5. The van der Waals surface area contributed by atoms with Crippen LogP contribution in [0.1, 0.15) is 37.7 Å². The van der Waals surface area contributed by atoms with Crippen LogP contribution in [-0.4, -0.2) is 70.8 Å². The molecule has 2 aliphatic rings. The van der Waals surface area contributed by atoms with Gasteiger partial charge in [0.05, 0.1) is 21.5 Å². The second-order valence-electron chi connectivity index (χ2n) is 11.5. The molecule has 10 nitrogen and oxygen atoms in total. The maximum absolute atomic E-state index is 16.0. The van der Waals surface area contributed by atoms with Gasteiger partial charge in [-0.1, -0.05) is 31.2 Å². The highest BCUT2D eigenvalue weighted by atomic mass is 32.2. The molecule has 0 bridgehead atoms. The van der Waals surface area contributed by atoms with Crippen molar-refractivity contribution in [1.82, 2.24) is 19.4 Å². The number of hydrogen-bond acceptors (Lipinski definition) is 8. The van der Waals surface area contributed by atoms with E-state index in [4.69, 9.17) is 0 Å². The van der Waals surface area contributed by atoms with Crippen molar-refractivity contribution >= 4 is 32.6 Å². The number of aromatic hydroxyl groups is 1. The third-order valence-electron chi connectivity index (χ3n) is 8.61. The molecule has 2 fully saturated rings. The van der Waals surface area contributed by atoms with Crippen molar-refractivity contribution in [2.45, 2.75) is 43.0 Å². The highest BCUT2D eigenvalue weighted by Gasteiger charge is 2.33. The summed E-state index contributed by atoms with van der Waals surface area (Å²) < 4.78 is 58.3. The van der Waals surface area contributed by atoms with Crippen molar-refractivity contribution in [3.05, 3.63) is 82.8 Å². The molecule has 1 amide bonds. The standard InChI is InChI=1S/C32H31F2N5O5S/c1-4-26(41)37-14-15-38(18(2)17-37)30-21-16-23(34)28(27-22(33)11-7-12-24(27)40)35-31(21)39(32(42)36-30)29-20(19-8-5-9-19)10-6-13-25(29)45(3,43)44/h4,6-7,10-13,16,18-19,40H,1,5,8-9,14-15,17H2,2-3H3/t18-/m0/s1. The maximum atomic E-state index is 16.0. The first-order chi connectivity index (χ1) is 21.4. The lowest BCUT2D eigenvalue weighted by Gasteiger charge is -2.40. The number of aromatic nitrogens is 3. The number of fused-ring (bicyclic) bond motifs is 1. The molecule has 0 radical (unpaired) electrons. The van der Waals surface area contributed by atoms with E-state index in [2.05, 4.69) is 16.5 Å².